The van der Waals surface area contributed by atoms with Crippen LogP contribution >= 0.6 is 11.6 Å². The van der Waals surface area contributed by atoms with Gasteiger partial charge in [-0.1, -0.05) is 22.8 Å². The fourth-order valence-electron chi connectivity index (χ4n) is 4.02. The van der Waals surface area contributed by atoms with Crippen LogP contribution in [0.25, 0.3) is 5.69 Å². The Morgan fingerprint density at radius 1 is 1.23 bits per heavy atom. The maximum atomic E-state index is 13.2. The van der Waals surface area contributed by atoms with E-state index >= 15 is 0 Å². The number of rotatable bonds is 5. The molecular formula is C22H25ClN6O2. The average Bonchev–Trinajstić information content (AvgIpc) is 3.45. The second kappa shape index (κ2) is 8.43. The highest BCUT2D eigenvalue weighted by molar-refractivity contribution is 6.30. The predicted molar refractivity (Wildman–Crippen MR) is 115 cm³/mol. The van der Waals surface area contributed by atoms with Crippen LogP contribution in [-0.2, 0) is 6.54 Å². The molecule has 1 aliphatic heterocycles. The van der Waals surface area contributed by atoms with Gasteiger partial charge in [0, 0.05) is 37.1 Å². The van der Waals surface area contributed by atoms with Gasteiger partial charge in [0.1, 0.15) is 0 Å². The van der Waals surface area contributed by atoms with Crippen molar-refractivity contribution in [1.29, 1.82) is 0 Å². The predicted octanol–water partition coefficient (Wildman–Crippen LogP) is 3.44. The fraction of sp³-hybridized carbons (Fsp3) is 0.455. The summed E-state index contributed by atoms with van der Waals surface area (Å²) >= 11 is 6.11. The van der Waals surface area contributed by atoms with Gasteiger partial charge in [0.05, 0.1) is 29.7 Å². The third-order valence-corrected chi connectivity index (χ3v) is 6.18. The Labute approximate surface area is 185 Å². The number of carbonyl (C=O) groups excluding carboxylic acids is 1. The van der Waals surface area contributed by atoms with Crippen molar-refractivity contribution >= 4 is 17.5 Å². The summed E-state index contributed by atoms with van der Waals surface area (Å²) < 4.78 is 7.13. The first-order valence-electron chi connectivity index (χ1n) is 10.7. The number of hydrogen-bond donors (Lipinski definition) is 0. The quantitative estimate of drug-likeness (QED) is 0.604. The highest BCUT2D eigenvalue weighted by Gasteiger charge is 2.30. The molecule has 31 heavy (non-hydrogen) atoms. The Bertz CT molecular complexity index is 1090. The summed E-state index contributed by atoms with van der Waals surface area (Å²) in [7, 11) is 0. The summed E-state index contributed by atoms with van der Waals surface area (Å²) in [6.45, 7) is 5.63. The normalized spacial score (nSPS) is 17.7. The molecule has 0 spiro atoms. The van der Waals surface area contributed by atoms with Crippen LogP contribution in [0.2, 0.25) is 5.02 Å². The first-order chi connectivity index (χ1) is 15.1. The van der Waals surface area contributed by atoms with Crippen molar-refractivity contribution in [3.8, 4) is 5.69 Å². The first-order valence-corrected chi connectivity index (χ1v) is 11.1. The zero-order chi connectivity index (χ0) is 21.4. The van der Waals surface area contributed by atoms with E-state index < -0.39 is 0 Å². The minimum atomic E-state index is 0.0169. The molecule has 1 saturated heterocycles. The molecule has 9 heteroatoms. The highest BCUT2D eigenvalue weighted by atomic mass is 35.5. The van der Waals surface area contributed by atoms with Gasteiger partial charge in [0.15, 0.2) is 5.82 Å². The van der Waals surface area contributed by atoms with E-state index in [0.717, 1.165) is 62.0 Å². The summed E-state index contributed by atoms with van der Waals surface area (Å²) in [5, 5.41) is 9.19. The van der Waals surface area contributed by atoms with E-state index in [1.54, 1.807) is 10.9 Å². The van der Waals surface area contributed by atoms with Gasteiger partial charge in [-0.05, 0) is 44.4 Å². The molecule has 0 atom stereocenters. The van der Waals surface area contributed by atoms with E-state index in [1.807, 2.05) is 36.1 Å². The van der Waals surface area contributed by atoms with E-state index in [9.17, 15) is 4.79 Å². The SMILES string of the molecule is Cc1c(C(=O)N2CCCN(Cc3noc(C4CC4)n3)CC2)cnn1-c1cccc(Cl)c1. The van der Waals surface area contributed by atoms with E-state index in [1.165, 1.54) is 0 Å². The minimum absolute atomic E-state index is 0.0169. The molecule has 8 nitrogen and oxygen atoms in total. The van der Waals surface area contributed by atoms with E-state index in [0.29, 0.717) is 29.6 Å². The molecule has 0 unspecified atom stereocenters. The largest absolute Gasteiger partial charge is 0.339 e. The van der Waals surface area contributed by atoms with Gasteiger partial charge >= 0.3 is 0 Å². The van der Waals surface area contributed by atoms with Crippen molar-refractivity contribution in [2.45, 2.75) is 38.6 Å². The van der Waals surface area contributed by atoms with Crippen LogP contribution in [0.15, 0.2) is 35.0 Å². The summed E-state index contributed by atoms with van der Waals surface area (Å²) in [6, 6.07) is 7.46. The molecule has 0 N–H and O–H groups in total. The van der Waals surface area contributed by atoms with Gasteiger partial charge in [0.2, 0.25) is 5.89 Å². The monoisotopic (exact) mass is 440 g/mol. The summed E-state index contributed by atoms with van der Waals surface area (Å²) in [4.78, 5) is 22.0. The van der Waals surface area contributed by atoms with Gasteiger partial charge in [-0.2, -0.15) is 10.1 Å². The molecule has 2 aliphatic rings. The van der Waals surface area contributed by atoms with E-state index in [-0.39, 0.29) is 5.91 Å². The van der Waals surface area contributed by atoms with Crippen molar-refractivity contribution in [2.75, 3.05) is 26.2 Å². The van der Waals surface area contributed by atoms with Crippen LogP contribution < -0.4 is 0 Å². The third kappa shape index (κ3) is 4.36. The lowest BCUT2D eigenvalue weighted by molar-refractivity contribution is 0.0760. The van der Waals surface area contributed by atoms with Crippen molar-refractivity contribution < 1.29 is 9.32 Å². The van der Waals surface area contributed by atoms with Crippen molar-refractivity contribution in [3.63, 3.8) is 0 Å². The van der Waals surface area contributed by atoms with Crippen molar-refractivity contribution in [3.05, 3.63) is 58.5 Å². The van der Waals surface area contributed by atoms with Crippen LogP contribution in [0.1, 0.15) is 52.9 Å². The van der Waals surface area contributed by atoms with Crippen LogP contribution in [0.5, 0.6) is 0 Å². The number of nitrogens with zero attached hydrogens (tertiary/aromatic N) is 6. The molecule has 5 rings (SSSR count). The number of carbonyl (C=O) groups is 1. The molecule has 2 fully saturated rings. The lowest BCUT2D eigenvalue weighted by atomic mass is 10.2. The number of hydrogen-bond acceptors (Lipinski definition) is 6. The summed E-state index contributed by atoms with van der Waals surface area (Å²) in [6.07, 6.45) is 4.85. The molecule has 0 bridgehead atoms. The molecular weight excluding hydrogens is 416 g/mol. The molecule has 1 aromatic carbocycles. The van der Waals surface area contributed by atoms with Gasteiger partial charge in [0.25, 0.3) is 5.91 Å². The number of halogens is 1. The molecule has 1 saturated carbocycles. The van der Waals surface area contributed by atoms with Crippen LogP contribution in [-0.4, -0.2) is 61.8 Å². The standard InChI is InChI=1S/C22H25ClN6O2/c1-15-19(13-24-29(15)18-5-2-4-17(23)12-18)22(30)28-9-3-8-27(10-11-28)14-20-25-21(31-26-20)16-6-7-16/h2,4-5,12-13,16H,3,6-11,14H2,1H3. The second-order valence-corrected chi connectivity index (χ2v) is 8.72. The molecule has 1 aliphatic carbocycles. The molecule has 162 valence electrons. The second-order valence-electron chi connectivity index (χ2n) is 8.28. The Morgan fingerprint density at radius 3 is 2.90 bits per heavy atom. The molecule has 0 radical (unpaired) electrons. The van der Waals surface area contributed by atoms with Crippen LogP contribution in [0.4, 0.5) is 0 Å². The number of benzene rings is 1. The lowest BCUT2D eigenvalue weighted by Gasteiger charge is -2.21. The third-order valence-electron chi connectivity index (χ3n) is 5.94. The topological polar surface area (TPSA) is 80.3 Å². The molecule has 1 amide bonds. The van der Waals surface area contributed by atoms with Crippen molar-refractivity contribution in [2.24, 2.45) is 0 Å². The van der Waals surface area contributed by atoms with Crippen LogP contribution in [0, 0.1) is 6.92 Å². The maximum Gasteiger partial charge on any atom is 0.257 e. The highest BCUT2D eigenvalue weighted by Crippen LogP contribution is 2.38. The van der Waals surface area contributed by atoms with Gasteiger partial charge < -0.3 is 9.42 Å². The summed E-state index contributed by atoms with van der Waals surface area (Å²) in [5.41, 5.74) is 2.28. The Balaban J connectivity index is 1.24. The van der Waals surface area contributed by atoms with Crippen LogP contribution in [0.3, 0.4) is 0 Å². The Kier molecular flexibility index (Phi) is 5.50. The Morgan fingerprint density at radius 2 is 2.10 bits per heavy atom. The maximum absolute atomic E-state index is 13.2. The molecule has 3 aromatic rings. The van der Waals surface area contributed by atoms with Crippen molar-refractivity contribution in [1.82, 2.24) is 29.7 Å². The van der Waals surface area contributed by atoms with Gasteiger partial charge in [-0.25, -0.2) is 4.68 Å². The first kappa shape index (κ1) is 20.2. The molecule has 3 heterocycles. The van der Waals surface area contributed by atoms with E-state index in [4.69, 9.17) is 16.1 Å². The average molecular weight is 441 g/mol. The number of amides is 1. The fourth-order valence-corrected chi connectivity index (χ4v) is 4.20. The van der Waals surface area contributed by atoms with Gasteiger partial charge in [-0.3, -0.25) is 9.69 Å². The molecule has 2 aromatic heterocycles. The zero-order valence-electron chi connectivity index (χ0n) is 17.5. The Hall–Kier alpha value is -2.71. The van der Waals surface area contributed by atoms with Gasteiger partial charge in [-0.15, -0.1) is 0 Å². The van der Waals surface area contributed by atoms with E-state index in [2.05, 4.69) is 20.1 Å². The minimum Gasteiger partial charge on any atom is -0.339 e. The number of aromatic nitrogens is 4. The summed E-state index contributed by atoms with van der Waals surface area (Å²) in [5.74, 6) is 1.99. The smallest absolute Gasteiger partial charge is 0.257 e. The lowest BCUT2D eigenvalue weighted by Crippen LogP contribution is -2.35. The zero-order valence-corrected chi connectivity index (χ0v) is 18.3.